The number of ether oxygens (including phenoxy) is 1. The maximum absolute atomic E-state index is 10.2. The van der Waals surface area contributed by atoms with E-state index in [0.29, 0.717) is 18.2 Å². The first kappa shape index (κ1) is 9.51. The topological polar surface area (TPSA) is 64.4 Å². The summed E-state index contributed by atoms with van der Waals surface area (Å²) in [6.07, 6.45) is 8.96. The number of aromatic nitrogens is 2. The average molecular weight is 203 g/mol. The maximum Gasteiger partial charge on any atom is 0.321 e. The van der Waals surface area contributed by atoms with Crippen molar-refractivity contribution in [2.75, 3.05) is 0 Å². The lowest BCUT2D eigenvalue weighted by molar-refractivity contribution is 0.402. The zero-order valence-electron chi connectivity index (χ0n) is 7.91. The minimum Gasteiger partial charge on any atom is -0.425 e. The summed E-state index contributed by atoms with van der Waals surface area (Å²) in [6, 6.07) is 1.73. The second-order valence-corrected chi connectivity index (χ2v) is 3.01. The van der Waals surface area contributed by atoms with Crippen LogP contribution in [0.4, 0.5) is 0 Å². The predicted molar refractivity (Wildman–Crippen MR) is 54.1 cm³/mol. The molecule has 1 aliphatic carbocycles. The van der Waals surface area contributed by atoms with Crippen molar-refractivity contribution in [3.63, 3.8) is 0 Å². The molecule has 0 saturated carbocycles. The molecule has 0 aliphatic heterocycles. The fourth-order valence-corrected chi connectivity index (χ4v) is 1.19. The van der Waals surface area contributed by atoms with E-state index in [9.17, 15) is 4.91 Å². The fraction of sp³-hybridized carbons (Fsp3) is 0.200. The fourth-order valence-electron chi connectivity index (χ4n) is 1.19. The van der Waals surface area contributed by atoms with Gasteiger partial charge in [-0.2, -0.15) is 4.91 Å². The Morgan fingerprint density at radius 3 is 2.80 bits per heavy atom. The Morgan fingerprint density at radius 1 is 1.40 bits per heavy atom. The first-order valence-corrected chi connectivity index (χ1v) is 4.54. The van der Waals surface area contributed by atoms with Crippen molar-refractivity contribution in [3.8, 4) is 6.01 Å². The summed E-state index contributed by atoms with van der Waals surface area (Å²) >= 11 is 0. The maximum atomic E-state index is 10.2. The molecule has 5 nitrogen and oxygen atoms in total. The van der Waals surface area contributed by atoms with Crippen molar-refractivity contribution in [1.82, 2.24) is 9.97 Å². The van der Waals surface area contributed by atoms with Gasteiger partial charge in [-0.05, 0) is 24.6 Å². The van der Waals surface area contributed by atoms with E-state index < -0.39 is 0 Å². The van der Waals surface area contributed by atoms with Gasteiger partial charge in [-0.3, -0.25) is 0 Å². The van der Waals surface area contributed by atoms with Crippen LogP contribution in [0.25, 0.3) is 0 Å². The largest absolute Gasteiger partial charge is 0.425 e. The SMILES string of the molecule is O=NC1C=CC(Oc2ncccn2)=CC1. The van der Waals surface area contributed by atoms with E-state index in [4.69, 9.17) is 4.74 Å². The molecule has 1 heterocycles. The Bertz CT molecular complexity index is 400. The van der Waals surface area contributed by atoms with Gasteiger partial charge in [0.05, 0.1) is 0 Å². The van der Waals surface area contributed by atoms with Gasteiger partial charge in [0, 0.05) is 12.4 Å². The minimum atomic E-state index is -0.283. The second-order valence-electron chi connectivity index (χ2n) is 3.01. The standard InChI is InChI=1S/C10H9N3O2/c14-13-8-2-4-9(5-3-8)15-10-11-6-1-7-12-10/h1-2,4-8H,3H2. The summed E-state index contributed by atoms with van der Waals surface area (Å²) < 4.78 is 5.36. The van der Waals surface area contributed by atoms with Gasteiger partial charge < -0.3 is 4.74 Å². The van der Waals surface area contributed by atoms with Gasteiger partial charge in [-0.1, -0.05) is 11.3 Å². The van der Waals surface area contributed by atoms with Gasteiger partial charge in [0.25, 0.3) is 0 Å². The van der Waals surface area contributed by atoms with Crippen LogP contribution in [0, 0.1) is 4.91 Å². The molecule has 76 valence electrons. The van der Waals surface area contributed by atoms with Crippen LogP contribution in [0.1, 0.15) is 6.42 Å². The summed E-state index contributed by atoms with van der Waals surface area (Å²) in [6.45, 7) is 0. The van der Waals surface area contributed by atoms with E-state index in [1.54, 1.807) is 36.7 Å². The van der Waals surface area contributed by atoms with E-state index >= 15 is 0 Å². The summed E-state index contributed by atoms with van der Waals surface area (Å²) in [7, 11) is 0. The van der Waals surface area contributed by atoms with Crippen LogP contribution < -0.4 is 4.74 Å². The molecule has 0 N–H and O–H groups in total. The molecule has 2 rings (SSSR count). The molecular formula is C10H9N3O2. The van der Waals surface area contributed by atoms with Crippen LogP contribution in [-0.4, -0.2) is 16.0 Å². The second kappa shape index (κ2) is 4.45. The van der Waals surface area contributed by atoms with Crippen molar-refractivity contribution < 1.29 is 4.74 Å². The van der Waals surface area contributed by atoms with Crippen LogP contribution >= 0.6 is 0 Å². The Hall–Kier alpha value is -2.04. The number of rotatable bonds is 3. The lowest BCUT2D eigenvalue weighted by Gasteiger charge is -2.09. The molecule has 0 aromatic carbocycles. The third-order valence-electron chi connectivity index (χ3n) is 1.93. The highest BCUT2D eigenvalue weighted by Gasteiger charge is 2.09. The van der Waals surface area contributed by atoms with E-state index in [1.165, 1.54) is 0 Å². The normalized spacial score (nSPS) is 19.5. The summed E-state index contributed by atoms with van der Waals surface area (Å²) in [5, 5.41) is 2.92. The molecule has 5 heteroatoms. The lowest BCUT2D eigenvalue weighted by atomic mass is 10.1. The van der Waals surface area contributed by atoms with Crippen molar-refractivity contribution in [2.45, 2.75) is 12.5 Å². The number of hydrogen-bond acceptors (Lipinski definition) is 5. The first-order chi connectivity index (χ1) is 7.38. The zero-order valence-corrected chi connectivity index (χ0v) is 7.91. The quantitative estimate of drug-likeness (QED) is 0.703. The summed E-state index contributed by atoms with van der Waals surface area (Å²) in [5.41, 5.74) is 0. The molecule has 0 spiro atoms. The molecule has 0 amide bonds. The van der Waals surface area contributed by atoms with E-state index in [0.717, 1.165) is 0 Å². The average Bonchev–Trinajstić information content (AvgIpc) is 2.31. The van der Waals surface area contributed by atoms with E-state index in [1.807, 2.05) is 0 Å². The molecular weight excluding hydrogens is 194 g/mol. The number of nitroso groups, excluding NO2 is 1. The zero-order chi connectivity index (χ0) is 10.5. The van der Waals surface area contributed by atoms with Gasteiger partial charge in [0.1, 0.15) is 11.8 Å². The number of allylic oxidation sites excluding steroid dienone is 1. The molecule has 1 atom stereocenters. The van der Waals surface area contributed by atoms with Crippen molar-refractivity contribution in [2.24, 2.45) is 5.18 Å². The molecule has 0 saturated heterocycles. The van der Waals surface area contributed by atoms with Gasteiger partial charge in [-0.15, -0.1) is 0 Å². The number of hydrogen-bond donors (Lipinski definition) is 0. The lowest BCUT2D eigenvalue weighted by Crippen LogP contribution is -2.05. The van der Waals surface area contributed by atoms with E-state index in [-0.39, 0.29) is 6.04 Å². The highest BCUT2D eigenvalue weighted by Crippen LogP contribution is 2.15. The first-order valence-electron chi connectivity index (χ1n) is 4.54. The monoisotopic (exact) mass is 203 g/mol. The smallest absolute Gasteiger partial charge is 0.321 e. The van der Waals surface area contributed by atoms with Gasteiger partial charge in [0.15, 0.2) is 0 Å². The Labute approximate surface area is 86.5 Å². The highest BCUT2D eigenvalue weighted by molar-refractivity contribution is 5.22. The van der Waals surface area contributed by atoms with Crippen LogP contribution in [0.2, 0.25) is 0 Å². The van der Waals surface area contributed by atoms with Crippen molar-refractivity contribution >= 4 is 0 Å². The highest BCUT2D eigenvalue weighted by atomic mass is 16.5. The molecule has 0 bridgehead atoms. The van der Waals surface area contributed by atoms with Crippen LogP contribution in [0.3, 0.4) is 0 Å². The summed E-state index contributed by atoms with van der Waals surface area (Å²) in [5.74, 6) is 0.640. The third kappa shape index (κ3) is 2.46. The van der Waals surface area contributed by atoms with Gasteiger partial charge in [-0.25, -0.2) is 9.97 Å². The predicted octanol–water partition coefficient (Wildman–Crippen LogP) is 1.83. The Balaban J connectivity index is 2.01. The molecule has 1 unspecified atom stereocenters. The molecule has 1 aromatic heterocycles. The Kier molecular flexibility index (Phi) is 2.82. The molecule has 1 aromatic rings. The molecule has 1 aliphatic rings. The van der Waals surface area contributed by atoms with E-state index in [2.05, 4.69) is 15.1 Å². The van der Waals surface area contributed by atoms with Gasteiger partial charge >= 0.3 is 6.01 Å². The van der Waals surface area contributed by atoms with Crippen molar-refractivity contribution in [1.29, 1.82) is 0 Å². The van der Waals surface area contributed by atoms with Crippen molar-refractivity contribution in [3.05, 3.63) is 47.4 Å². The number of nitrogens with zero attached hydrogens (tertiary/aromatic N) is 3. The molecule has 0 fully saturated rings. The minimum absolute atomic E-state index is 0.283. The van der Waals surface area contributed by atoms with Crippen LogP contribution in [0.5, 0.6) is 6.01 Å². The van der Waals surface area contributed by atoms with Crippen LogP contribution in [0.15, 0.2) is 47.6 Å². The molecule has 0 radical (unpaired) electrons. The van der Waals surface area contributed by atoms with Gasteiger partial charge in [0.2, 0.25) is 0 Å². The summed E-state index contributed by atoms with van der Waals surface area (Å²) in [4.78, 5) is 18.1. The third-order valence-corrected chi connectivity index (χ3v) is 1.93. The molecule has 15 heavy (non-hydrogen) atoms. The van der Waals surface area contributed by atoms with Crippen LogP contribution in [-0.2, 0) is 0 Å². The Morgan fingerprint density at radius 2 is 2.20 bits per heavy atom.